The summed E-state index contributed by atoms with van der Waals surface area (Å²) in [4.78, 5) is 33.3. The maximum absolute atomic E-state index is 12.9. The minimum absolute atomic E-state index is 0.0104. The number of anilines is 1. The zero-order chi connectivity index (χ0) is 20.5. The molecule has 146 valence electrons. The number of nitrogens with one attached hydrogen (secondary N) is 2. The van der Waals surface area contributed by atoms with Gasteiger partial charge in [0.1, 0.15) is 22.6 Å². The van der Waals surface area contributed by atoms with Gasteiger partial charge in [0.05, 0.1) is 30.8 Å². The number of pyridine rings is 2. The summed E-state index contributed by atoms with van der Waals surface area (Å²) in [6, 6.07) is 12.4. The van der Waals surface area contributed by atoms with Crippen LogP contribution >= 0.6 is 0 Å². The van der Waals surface area contributed by atoms with E-state index in [1.54, 1.807) is 31.4 Å². The third-order valence-electron chi connectivity index (χ3n) is 4.74. The molecular formula is C22H19N3O4. The number of nitrogens with zero attached hydrogens (tertiary/aromatic N) is 1. The van der Waals surface area contributed by atoms with E-state index < -0.39 is 5.91 Å². The summed E-state index contributed by atoms with van der Waals surface area (Å²) in [6.45, 7) is 1.83. The van der Waals surface area contributed by atoms with Gasteiger partial charge in [-0.1, -0.05) is 18.2 Å². The molecule has 0 fully saturated rings. The highest BCUT2D eigenvalue weighted by Gasteiger charge is 2.17. The number of carbonyl (C=O) groups is 1. The van der Waals surface area contributed by atoms with Crippen LogP contribution in [-0.2, 0) is 0 Å². The van der Waals surface area contributed by atoms with Gasteiger partial charge in [-0.2, -0.15) is 0 Å². The predicted molar refractivity (Wildman–Crippen MR) is 112 cm³/mol. The summed E-state index contributed by atoms with van der Waals surface area (Å²) in [5, 5.41) is 3.95. The number of methoxy groups -OCH3 is 2. The number of benzene rings is 2. The molecule has 4 aromatic rings. The smallest absolute Gasteiger partial charge is 0.261 e. The van der Waals surface area contributed by atoms with E-state index in [1.807, 2.05) is 25.1 Å². The Balaban J connectivity index is 1.80. The lowest BCUT2D eigenvalue weighted by atomic mass is 10.1. The summed E-state index contributed by atoms with van der Waals surface area (Å²) >= 11 is 0. The fourth-order valence-electron chi connectivity index (χ4n) is 3.37. The minimum Gasteiger partial charge on any atom is -0.495 e. The van der Waals surface area contributed by atoms with Gasteiger partial charge in [-0.15, -0.1) is 0 Å². The Morgan fingerprint density at radius 2 is 1.72 bits per heavy atom. The van der Waals surface area contributed by atoms with Crippen molar-refractivity contribution in [3.63, 3.8) is 0 Å². The summed E-state index contributed by atoms with van der Waals surface area (Å²) in [6.07, 6.45) is 1.40. The average molecular weight is 389 g/mol. The Bertz CT molecular complexity index is 1310. The second-order valence-electron chi connectivity index (χ2n) is 6.54. The topological polar surface area (TPSA) is 93.3 Å². The molecule has 0 radical (unpaired) electrons. The van der Waals surface area contributed by atoms with Gasteiger partial charge in [0.2, 0.25) is 5.43 Å². The van der Waals surface area contributed by atoms with Crippen LogP contribution in [0.5, 0.6) is 11.5 Å². The van der Waals surface area contributed by atoms with Crippen molar-refractivity contribution in [2.45, 2.75) is 6.92 Å². The number of hydrogen-bond donors (Lipinski definition) is 2. The van der Waals surface area contributed by atoms with Crippen molar-refractivity contribution < 1.29 is 14.3 Å². The SMILES string of the molecule is COc1cccc2c(NC(=O)c3c[nH]c4c(OC)cccc4c3=O)cc(C)nc12. The minimum atomic E-state index is -0.509. The van der Waals surface area contributed by atoms with E-state index in [0.717, 1.165) is 11.1 Å². The fourth-order valence-corrected chi connectivity index (χ4v) is 3.37. The van der Waals surface area contributed by atoms with Gasteiger partial charge in [-0.05, 0) is 31.2 Å². The van der Waals surface area contributed by atoms with Crippen molar-refractivity contribution in [1.82, 2.24) is 9.97 Å². The number of amides is 1. The van der Waals surface area contributed by atoms with Crippen LogP contribution < -0.4 is 20.2 Å². The molecule has 2 aromatic carbocycles. The van der Waals surface area contributed by atoms with Crippen LogP contribution in [0.2, 0.25) is 0 Å². The highest BCUT2D eigenvalue weighted by molar-refractivity contribution is 6.10. The molecule has 0 aliphatic heterocycles. The van der Waals surface area contributed by atoms with E-state index in [-0.39, 0.29) is 11.0 Å². The first-order chi connectivity index (χ1) is 14.0. The van der Waals surface area contributed by atoms with Gasteiger partial charge < -0.3 is 19.8 Å². The number of ether oxygens (including phenoxy) is 2. The molecule has 2 heterocycles. The van der Waals surface area contributed by atoms with Gasteiger partial charge in [-0.3, -0.25) is 9.59 Å². The molecule has 0 saturated heterocycles. The van der Waals surface area contributed by atoms with Gasteiger partial charge >= 0.3 is 0 Å². The lowest BCUT2D eigenvalue weighted by Gasteiger charge is -2.12. The monoisotopic (exact) mass is 389 g/mol. The number of carbonyl (C=O) groups excluding carboxylic acids is 1. The lowest BCUT2D eigenvalue weighted by molar-refractivity contribution is 0.102. The van der Waals surface area contributed by atoms with Crippen LogP contribution in [0.25, 0.3) is 21.8 Å². The second kappa shape index (κ2) is 7.27. The maximum Gasteiger partial charge on any atom is 0.261 e. The van der Waals surface area contributed by atoms with E-state index in [4.69, 9.17) is 9.47 Å². The molecule has 7 nitrogen and oxygen atoms in total. The molecule has 0 saturated carbocycles. The number of rotatable bonds is 4. The van der Waals surface area contributed by atoms with Crippen LogP contribution in [0.1, 0.15) is 16.1 Å². The molecule has 0 bridgehead atoms. The van der Waals surface area contributed by atoms with Crippen molar-refractivity contribution in [2.75, 3.05) is 19.5 Å². The van der Waals surface area contributed by atoms with Crippen molar-refractivity contribution in [2.24, 2.45) is 0 Å². The zero-order valence-electron chi connectivity index (χ0n) is 16.2. The molecule has 7 heteroatoms. The van der Waals surface area contributed by atoms with Crippen molar-refractivity contribution in [3.8, 4) is 11.5 Å². The largest absolute Gasteiger partial charge is 0.495 e. The molecule has 2 aromatic heterocycles. The van der Waals surface area contributed by atoms with Crippen LogP contribution in [0.3, 0.4) is 0 Å². The predicted octanol–water partition coefficient (Wildman–Crippen LogP) is 3.65. The molecule has 0 aliphatic rings. The molecule has 0 atom stereocenters. The molecule has 2 N–H and O–H groups in total. The Hall–Kier alpha value is -3.87. The molecule has 0 aliphatic carbocycles. The molecule has 0 unspecified atom stereocenters. The van der Waals surface area contributed by atoms with E-state index >= 15 is 0 Å². The Morgan fingerprint density at radius 1 is 1.03 bits per heavy atom. The quantitative estimate of drug-likeness (QED) is 0.556. The number of hydrogen-bond acceptors (Lipinski definition) is 5. The highest BCUT2D eigenvalue weighted by Crippen LogP contribution is 2.30. The zero-order valence-corrected chi connectivity index (χ0v) is 16.2. The normalized spacial score (nSPS) is 10.9. The van der Waals surface area contributed by atoms with Gasteiger partial charge in [0.15, 0.2) is 0 Å². The summed E-state index contributed by atoms with van der Waals surface area (Å²) in [5.74, 6) is 0.637. The third-order valence-corrected chi connectivity index (χ3v) is 4.74. The first-order valence-electron chi connectivity index (χ1n) is 8.97. The van der Waals surface area contributed by atoms with Gasteiger partial charge in [-0.25, -0.2) is 4.98 Å². The van der Waals surface area contributed by atoms with E-state index in [0.29, 0.717) is 33.6 Å². The number of aromatic nitrogens is 2. The van der Waals surface area contributed by atoms with Crippen molar-refractivity contribution >= 4 is 33.4 Å². The lowest BCUT2D eigenvalue weighted by Crippen LogP contribution is -2.22. The Morgan fingerprint density at radius 3 is 2.45 bits per heavy atom. The summed E-state index contributed by atoms with van der Waals surface area (Å²) in [7, 11) is 3.10. The fraction of sp³-hybridized carbons (Fsp3) is 0.136. The first-order valence-corrected chi connectivity index (χ1v) is 8.97. The summed E-state index contributed by atoms with van der Waals surface area (Å²) in [5.41, 5.74) is 2.10. The van der Waals surface area contributed by atoms with Gasteiger partial charge in [0.25, 0.3) is 5.91 Å². The third kappa shape index (κ3) is 3.16. The van der Waals surface area contributed by atoms with Crippen LogP contribution in [-0.4, -0.2) is 30.1 Å². The number of H-pyrrole nitrogens is 1. The van der Waals surface area contributed by atoms with E-state index in [9.17, 15) is 9.59 Å². The number of fused-ring (bicyclic) bond motifs is 2. The molecular weight excluding hydrogens is 370 g/mol. The van der Waals surface area contributed by atoms with Gasteiger partial charge in [0, 0.05) is 17.3 Å². The second-order valence-corrected chi connectivity index (χ2v) is 6.54. The number of aryl methyl sites for hydroxylation is 1. The molecule has 0 spiro atoms. The molecule has 1 amide bonds. The van der Waals surface area contributed by atoms with Crippen LogP contribution in [0.15, 0.2) is 53.5 Å². The van der Waals surface area contributed by atoms with E-state index in [2.05, 4.69) is 15.3 Å². The highest BCUT2D eigenvalue weighted by atomic mass is 16.5. The average Bonchev–Trinajstić information content (AvgIpc) is 2.73. The van der Waals surface area contributed by atoms with Crippen LogP contribution in [0.4, 0.5) is 5.69 Å². The van der Waals surface area contributed by atoms with Crippen molar-refractivity contribution in [3.05, 3.63) is 70.1 Å². The number of aromatic amines is 1. The standard InChI is InChI=1S/C22H19N3O4/c1-12-10-16(13-6-4-9-18(29-3)20(13)24-12)25-22(27)15-11-23-19-14(21(15)26)7-5-8-17(19)28-2/h4-11H,1-3H3,(H,23,26)(H,24,25,27). The van der Waals surface area contributed by atoms with Crippen molar-refractivity contribution in [1.29, 1.82) is 0 Å². The Kier molecular flexibility index (Phi) is 4.64. The Labute approximate surface area is 166 Å². The first kappa shape index (κ1) is 18.5. The maximum atomic E-state index is 12.9. The summed E-state index contributed by atoms with van der Waals surface area (Å²) < 4.78 is 10.6. The van der Waals surface area contributed by atoms with E-state index in [1.165, 1.54) is 13.3 Å². The van der Waals surface area contributed by atoms with Crippen LogP contribution in [0, 0.1) is 6.92 Å². The number of para-hydroxylation sites is 2. The molecule has 4 rings (SSSR count). The molecule has 29 heavy (non-hydrogen) atoms.